The van der Waals surface area contributed by atoms with Crippen LogP contribution in [0.5, 0.6) is 0 Å². The van der Waals surface area contributed by atoms with Crippen LogP contribution in [0, 0.1) is 0 Å². The number of nitrogens with zero attached hydrogens (tertiary/aromatic N) is 1. The highest BCUT2D eigenvalue weighted by molar-refractivity contribution is 4.84. The van der Waals surface area contributed by atoms with Crippen molar-refractivity contribution in [3.63, 3.8) is 0 Å². The van der Waals surface area contributed by atoms with E-state index in [2.05, 4.69) is 17.1 Å². The molecule has 0 saturated carbocycles. The monoisotopic (exact) mass is 198 g/mol. The van der Waals surface area contributed by atoms with Crippen LogP contribution >= 0.6 is 0 Å². The molecule has 0 aromatic carbocycles. The Hall–Kier alpha value is -0.120. The fourth-order valence-corrected chi connectivity index (χ4v) is 2.62. The summed E-state index contributed by atoms with van der Waals surface area (Å²) in [5.41, 5.74) is 0. The van der Waals surface area contributed by atoms with Gasteiger partial charge in [0.2, 0.25) is 0 Å². The molecule has 0 aliphatic carbocycles. The van der Waals surface area contributed by atoms with E-state index in [4.69, 9.17) is 4.74 Å². The normalized spacial score (nSPS) is 34.9. The summed E-state index contributed by atoms with van der Waals surface area (Å²) in [7, 11) is 0. The fraction of sp³-hybridized carbons (Fsp3) is 1.00. The number of ether oxygens (including phenoxy) is 1. The average Bonchev–Trinajstić information content (AvgIpc) is 2.71. The minimum absolute atomic E-state index is 0.495. The number of likely N-dealkylation sites (tertiary alicyclic amines) is 1. The number of nitrogens with one attached hydrogen (secondary N) is 1. The Kier molecular flexibility index (Phi) is 3.79. The van der Waals surface area contributed by atoms with Crippen molar-refractivity contribution in [3.05, 3.63) is 0 Å². The van der Waals surface area contributed by atoms with Gasteiger partial charge in [-0.15, -0.1) is 0 Å². The maximum atomic E-state index is 5.71. The summed E-state index contributed by atoms with van der Waals surface area (Å²) < 4.78 is 5.71. The summed E-state index contributed by atoms with van der Waals surface area (Å²) in [4.78, 5) is 2.61. The molecule has 0 bridgehead atoms. The first-order valence-electron chi connectivity index (χ1n) is 5.96. The van der Waals surface area contributed by atoms with Crippen molar-refractivity contribution in [1.29, 1.82) is 0 Å². The number of hydrogen-bond acceptors (Lipinski definition) is 3. The van der Waals surface area contributed by atoms with Crippen molar-refractivity contribution < 1.29 is 4.74 Å². The van der Waals surface area contributed by atoms with E-state index in [0.717, 1.165) is 19.2 Å². The van der Waals surface area contributed by atoms with Gasteiger partial charge in [0.05, 0.1) is 6.10 Å². The van der Waals surface area contributed by atoms with Crippen molar-refractivity contribution in [2.75, 3.05) is 32.8 Å². The standard InChI is InChI=1S/C11H22N2O/c1-2-14-11-4-3-7-13(9-11)10-5-6-12-8-10/h10-12H,2-9H2,1H3. The first kappa shape index (κ1) is 10.4. The predicted molar refractivity (Wildman–Crippen MR) is 57.5 cm³/mol. The van der Waals surface area contributed by atoms with Gasteiger partial charge in [-0.2, -0.15) is 0 Å². The second kappa shape index (κ2) is 5.10. The summed E-state index contributed by atoms with van der Waals surface area (Å²) >= 11 is 0. The lowest BCUT2D eigenvalue weighted by Crippen LogP contribution is -2.46. The average molecular weight is 198 g/mol. The Morgan fingerprint density at radius 3 is 3.07 bits per heavy atom. The number of piperidine rings is 1. The molecular weight excluding hydrogens is 176 g/mol. The van der Waals surface area contributed by atoms with Gasteiger partial charge in [0.15, 0.2) is 0 Å². The molecule has 3 nitrogen and oxygen atoms in total. The van der Waals surface area contributed by atoms with Crippen molar-refractivity contribution in [2.45, 2.75) is 38.3 Å². The molecule has 14 heavy (non-hydrogen) atoms. The van der Waals surface area contributed by atoms with Crippen molar-refractivity contribution in [2.24, 2.45) is 0 Å². The topological polar surface area (TPSA) is 24.5 Å². The lowest BCUT2D eigenvalue weighted by Gasteiger charge is -2.36. The lowest BCUT2D eigenvalue weighted by atomic mass is 10.1. The van der Waals surface area contributed by atoms with Crippen LogP contribution in [0.15, 0.2) is 0 Å². The SMILES string of the molecule is CCOC1CCCN(C2CCNC2)C1. The third-order valence-electron chi connectivity index (χ3n) is 3.36. The van der Waals surface area contributed by atoms with Gasteiger partial charge in [-0.3, -0.25) is 4.90 Å². The van der Waals surface area contributed by atoms with E-state index in [-0.39, 0.29) is 0 Å². The summed E-state index contributed by atoms with van der Waals surface area (Å²) in [5, 5.41) is 3.43. The molecule has 0 aromatic heterocycles. The van der Waals surface area contributed by atoms with Crippen LogP contribution in [0.1, 0.15) is 26.2 Å². The zero-order valence-electron chi connectivity index (χ0n) is 9.17. The zero-order valence-corrected chi connectivity index (χ0v) is 9.17. The van der Waals surface area contributed by atoms with Crippen LogP contribution in [0.2, 0.25) is 0 Å². The van der Waals surface area contributed by atoms with Crippen LogP contribution < -0.4 is 5.32 Å². The van der Waals surface area contributed by atoms with E-state index >= 15 is 0 Å². The molecule has 2 saturated heterocycles. The van der Waals surface area contributed by atoms with Gasteiger partial charge in [-0.1, -0.05) is 0 Å². The smallest absolute Gasteiger partial charge is 0.0702 e. The largest absolute Gasteiger partial charge is 0.377 e. The van der Waals surface area contributed by atoms with E-state index in [1.807, 2.05) is 0 Å². The molecule has 2 unspecified atom stereocenters. The molecule has 0 radical (unpaired) electrons. The molecular formula is C11H22N2O. The minimum atomic E-state index is 0.495. The van der Waals surface area contributed by atoms with Gasteiger partial charge >= 0.3 is 0 Å². The molecule has 2 fully saturated rings. The molecule has 1 N–H and O–H groups in total. The highest BCUT2D eigenvalue weighted by atomic mass is 16.5. The van der Waals surface area contributed by atoms with Gasteiger partial charge in [0.1, 0.15) is 0 Å². The summed E-state index contributed by atoms with van der Waals surface area (Å²) in [6, 6.07) is 0.776. The van der Waals surface area contributed by atoms with E-state index in [1.165, 1.54) is 38.9 Å². The highest BCUT2D eigenvalue weighted by Crippen LogP contribution is 2.18. The van der Waals surface area contributed by atoms with Crippen molar-refractivity contribution in [3.8, 4) is 0 Å². The van der Waals surface area contributed by atoms with Gasteiger partial charge in [-0.25, -0.2) is 0 Å². The highest BCUT2D eigenvalue weighted by Gasteiger charge is 2.27. The first-order valence-corrected chi connectivity index (χ1v) is 5.96. The van der Waals surface area contributed by atoms with Crippen LogP contribution in [-0.2, 0) is 4.74 Å². The van der Waals surface area contributed by atoms with Gasteiger partial charge in [0, 0.05) is 25.7 Å². The predicted octanol–water partition coefficient (Wildman–Crippen LogP) is 0.849. The number of rotatable bonds is 3. The molecule has 3 heteroatoms. The Balaban J connectivity index is 1.80. The molecule has 2 atom stereocenters. The van der Waals surface area contributed by atoms with Crippen LogP contribution in [0.4, 0.5) is 0 Å². The van der Waals surface area contributed by atoms with Crippen LogP contribution in [0.3, 0.4) is 0 Å². The molecule has 2 rings (SSSR count). The fourth-order valence-electron chi connectivity index (χ4n) is 2.62. The van der Waals surface area contributed by atoms with Crippen LogP contribution in [0.25, 0.3) is 0 Å². The van der Waals surface area contributed by atoms with Gasteiger partial charge < -0.3 is 10.1 Å². The van der Waals surface area contributed by atoms with E-state index in [9.17, 15) is 0 Å². The quantitative estimate of drug-likeness (QED) is 0.727. The Bertz CT molecular complexity index is 167. The van der Waals surface area contributed by atoms with Gasteiger partial charge in [-0.05, 0) is 39.3 Å². The molecule has 0 aromatic rings. The Labute approximate surface area is 86.8 Å². The van der Waals surface area contributed by atoms with Gasteiger partial charge in [0.25, 0.3) is 0 Å². The molecule has 2 aliphatic rings. The van der Waals surface area contributed by atoms with E-state index < -0.39 is 0 Å². The molecule has 82 valence electrons. The first-order chi connectivity index (χ1) is 6.90. The van der Waals surface area contributed by atoms with E-state index in [0.29, 0.717) is 6.10 Å². The lowest BCUT2D eigenvalue weighted by molar-refractivity contribution is -0.00479. The second-order valence-corrected chi connectivity index (χ2v) is 4.36. The Morgan fingerprint density at radius 2 is 2.36 bits per heavy atom. The zero-order chi connectivity index (χ0) is 9.80. The molecule has 0 amide bonds. The second-order valence-electron chi connectivity index (χ2n) is 4.36. The van der Waals surface area contributed by atoms with E-state index in [1.54, 1.807) is 0 Å². The molecule has 0 spiro atoms. The molecule has 2 heterocycles. The third kappa shape index (κ3) is 2.47. The Morgan fingerprint density at radius 1 is 1.43 bits per heavy atom. The summed E-state index contributed by atoms with van der Waals surface area (Å²) in [6.07, 6.45) is 4.37. The number of hydrogen-bond donors (Lipinski definition) is 1. The van der Waals surface area contributed by atoms with Crippen molar-refractivity contribution in [1.82, 2.24) is 10.2 Å². The van der Waals surface area contributed by atoms with Crippen LogP contribution in [-0.4, -0.2) is 49.8 Å². The molecule has 2 aliphatic heterocycles. The summed E-state index contributed by atoms with van der Waals surface area (Å²) in [6.45, 7) is 7.76. The summed E-state index contributed by atoms with van der Waals surface area (Å²) in [5.74, 6) is 0. The van der Waals surface area contributed by atoms with Crippen molar-refractivity contribution >= 4 is 0 Å². The maximum absolute atomic E-state index is 5.71. The maximum Gasteiger partial charge on any atom is 0.0702 e. The minimum Gasteiger partial charge on any atom is -0.377 e. The third-order valence-corrected chi connectivity index (χ3v) is 3.36.